The lowest BCUT2D eigenvalue weighted by atomic mass is 10.2. The molecule has 1 saturated heterocycles. The summed E-state index contributed by atoms with van der Waals surface area (Å²) in [6.45, 7) is 0.534. The molecule has 0 atom stereocenters. The highest BCUT2D eigenvalue weighted by molar-refractivity contribution is 8.15. The van der Waals surface area contributed by atoms with Gasteiger partial charge in [0.05, 0.1) is 18.5 Å². The van der Waals surface area contributed by atoms with Gasteiger partial charge in [0.25, 0.3) is 0 Å². The minimum absolute atomic E-state index is 0.0718. The fourth-order valence-electron chi connectivity index (χ4n) is 2.08. The highest BCUT2D eigenvalue weighted by Crippen LogP contribution is 2.21. The second kappa shape index (κ2) is 7.04. The molecule has 3 rings (SSSR count). The van der Waals surface area contributed by atoms with Crippen molar-refractivity contribution < 1.29 is 4.79 Å². The molecule has 5 heteroatoms. The van der Waals surface area contributed by atoms with Crippen molar-refractivity contribution in [3.05, 3.63) is 71.8 Å². The van der Waals surface area contributed by atoms with Gasteiger partial charge in [0.2, 0.25) is 5.91 Å². The van der Waals surface area contributed by atoms with Crippen LogP contribution in [0.5, 0.6) is 0 Å². The largest absolute Gasteiger partial charge is 0.285 e. The predicted octanol–water partition coefficient (Wildman–Crippen LogP) is 3.15. The van der Waals surface area contributed by atoms with Crippen LogP contribution in [0.3, 0.4) is 0 Å². The number of hydrogen-bond donors (Lipinski definition) is 0. The molecule has 0 unspecified atom stereocenters. The van der Waals surface area contributed by atoms with Crippen molar-refractivity contribution in [1.29, 1.82) is 0 Å². The Balaban J connectivity index is 1.73. The summed E-state index contributed by atoms with van der Waals surface area (Å²) in [5, 5.41) is 8.95. The van der Waals surface area contributed by atoms with E-state index in [0.717, 1.165) is 11.1 Å². The third-order valence-electron chi connectivity index (χ3n) is 3.19. The van der Waals surface area contributed by atoms with Gasteiger partial charge in [0.1, 0.15) is 0 Å². The summed E-state index contributed by atoms with van der Waals surface area (Å²) in [5.41, 5.74) is 2.06. The standard InChI is InChI=1S/C17H15N3OS/c21-16-13-22-17(19-18-11-14-7-3-1-4-8-14)20(16)12-15-9-5-2-6-10-15/h1-11H,12-13H2. The molecular weight excluding hydrogens is 294 g/mol. The predicted molar refractivity (Wildman–Crippen MR) is 90.9 cm³/mol. The maximum atomic E-state index is 12.0. The second-order valence-corrected chi connectivity index (χ2v) is 5.73. The van der Waals surface area contributed by atoms with Crippen LogP contribution in [0, 0.1) is 0 Å². The van der Waals surface area contributed by atoms with Crippen molar-refractivity contribution in [1.82, 2.24) is 4.90 Å². The minimum atomic E-state index is 0.0718. The van der Waals surface area contributed by atoms with Crippen LogP contribution in [0.1, 0.15) is 11.1 Å². The average molecular weight is 309 g/mol. The number of nitrogens with zero attached hydrogens (tertiary/aromatic N) is 3. The molecule has 0 bridgehead atoms. The number of carbonyl (C=O) groups excluding carboxylic acids is 1. The van der Waals surface area contributed by atoms with Crippen LogP contribution in [-0.4, -0.2) is 27.9 Å². The average Bonchev–Trinajstić information content (AvgIpc) is 2.90. The summed E-state index contributed by atoms with van der Waals surface area (Å²) in [6, 6.07) is 19.7. The number of benzene rings is 2. The van der Waals surface area contributed by atoms with Gasteiger partial charge in [-0.1, -0.05) is 72.4 Å². The first-order valence-electron chi connectivity index (χ1n) is 6.96. The zero-order valence-electron chi connectivity index (χ0n) is 11.9. The van der Waals surface area contributed by atoms with Crippen molar-refractivity contribution in [3.8, 4) is 0 Å². The Labute approximate surface area is 133 Å². The molecule has 0 spiro atoms. The maximum Gasteiger partial charge on any atom is 0.239 e. The van der Waals surface area contributed by atoms with E-state index in [-0.39, 0.29) is 5.91 Å². The molecule has 22 heavy (non-hydrogen) atoms. The number of rotatable bonds is 4. The van der Waals surface area contributed by atoms with Crippen LogP contribution in [0.25, 0.3) is 0 Å². The lowest BCUT2D eigenvalue weighted by Crippen LogP contribution is -2.28. The molecule has 1 aliphatic heterocycles. The van der Waals surface area contributed by atoms with Crippen LogP contribution in [0.4, 0.5) is 0 Å². The van der Waals surface area contributed by atoms with Crippen molar-refractivity contribution >= 4 is 29.1 Å². The van der Waals surface area contributed by atoms with Crippen molar-refractivity contribution in [2.75, 3.05) is 5.75 Å². The van der Waals surface area contributed by atoms with Gasteiger partial charge in [0.15, 0.2) is 5.17 Å². The summed E-state index contributed by atoms with van der Waals surface area (Å²) in [5.74, 6) is 0.495. The van der Waals surface area contributed by atoms with Crippen LogP contribution >= 0.6 is 11.8 Å². The molecule has 1 fully saturated rings. The quantitative estimate of drug-likeness (QED) is 0.643. The van der Waals surface area contributed by atoms with Crippen LogP contribution < -0.4 is 0 Å². The Morgan fingerprint density at radius 1 is 1.05 bits per heavy atom. The zero-order chi connectivity index (χ0) is 15.2. The maximum absolute atomic E-state index is 12.0. The first kappa shape index (κ1) is 14.5. The molecule has 0 radical (unpaired) electrons. The molecule has 4 nitrogen and oxygen atoms in total. The summed E-state index contributed by atoms with van der Waals surface area (Å²) >= 11 is 1.43. The highest BCUT2D eigenvalue weighted by Gasteiger charge is 2.28. The van der Waals surface area contributed by atoms with E-state index in [2.05, 4.69) is 10.2 Å². The molecule has 110 valence electrons. The first-order valence-corrected chi connectivity index (χ1v) is 7.94. The summed E-state index contributed by atoms with van der Waals surface area (Å²) in [4.78, 5) is 13.7. The zero-order valence-corrected chi connectivity index (χ0v) is 12.7. The lowest BCUT2D eigenvalue weighted by molar-refractivity contribution is -0.124. The number of carbonyl (C=O) groups is 1. The van der Waals surface area contributed by atoms with E-state index in [1.807, 2.05) is 60.7 Å². The van der Waals surface area contributed by atoms with E-state index in [1.165, 1.54) is 11.8 Å². The summed E-state index contributed by atoms with van der Waals surface area (Å²) in [6.07, 6.45) is 1.69. The molecular formula is C17H15N3OS. The highest BCUT2D eigenvalue weighted by atomic mass is 32.2. The molecule has 0 aliphatic carbocycles. The molecule has 1 aliphatic rings. The Bertz CT molecular complexity index is 698. The molecule has 0 aromatic heterocycles. The van der Waals surface area contributed by atoms with Gasteiger partial charge in [-0.05, 0) is 11.1 Å². The fourth-order valence-corrected chi connectivity index (χ4v) is 2.91. The van der Waals surface area contributed by atoms with Gasteiger partial charge in [-0.15, -0.1) is 5.10 Å². The van der Waals surface area contributed by atoms with E-state index in [0.29, 0.717) is 17.5 Å². The van der Waals surface area contributed by atoms with Gasteiger partial charge in [-0.2, -0.15) is 5.10 Å². The smallest absolute Gasteiger partial charge is 0.239 e. The summed E-state index contributed by atoms with van der Waals surface area (Å²) < 4.78 is 0. The Morgan fingerprint density at radius 3 is 2.45 bits per heavy atom. The van der Waals surface area contributed by atoms with Gasteiger partial charge in [0, 0.05) is 0 Å². The fraction of sp³-hybridized carbons (Fsp3) is 0.118. The van der Waals surface area contributed by atoms with Crippen LogP contribution in [0.2, 0.25) is 0 Å². The minimum Gasteiger partial charge on any atom is -0.285 e. The molecule has 0 saturated carbocycles. The number of thioether (sulfide) groups is 1. The van der Waals surface area contributed by atoms with Crippen molar-refractivity contribution in [2.24, 2.45) is 10.2 Å². The van der Waals surface area contributed by atoms with Crippen LogP contribution in [0.15, 0.2) is 70.9 Å². The number of amides is 1. The SMILES string of the molecule is O=C1CSC(=NN=Cc2ccccc2)N1Cc1ccccc1. The van der Waals surface area contributed by atoms with Crippen molar-refractivity contribution in [3.63, 3.8) is 0 Å². The van der Waals surface area contributed by atoms with E-state index in [4.69, 9.17) is 0 Å². The first-order chi connectivity index (χ1) is 10.8. The van der Waals surface area contributed by atoms with Crippen molar-refractivity contribution in [2.45, 2.75) is 6.54 Å². The van der Waals surface area contributed by atoms with Crippen LogP contribution in [-0.2, 0) is 11.3 Å². The van der Waals surface area contributed by atoms with E-state index >= 15 is 0 Å². The van der Waals surface area contributed by atoms with E-state index in [9.17, 15) is 4.79 Å². The van der Waals surface area contributed by atoms with Gasteiger partial charge in [-0.25, -0.2) is 0 Å². The molecule has 2 aromatic rings. The third-order valence-corrected chi connectivity index (χ3v) is 4.14. The van der Waals surface area contributed by atoms with Gasteiger partial charge in [-0.3, -0.25) is 9.69 Å². The number of hydrogen-bond acceptors (Lipinski definition) is 4. The van der Waals surface area contributed by atoms with Gasteiger partial charge < -0.3 is 0 Å². The lowest BCUT2D eigenvalue weighted by Gasteiger charge is -2.14. The Hall–Kier alpha value is -2.40. The second-order valence-electron chi connectivity index (χ2n) is 4.79. The van der Waals surface area contributed by atoms with Gasteiger partial charge >= 0.3 is 0 Å². The molecule has 2 aromatic carbocycles. The van der Waals surface area contributed by atoms with E-state index in [1.54, 1.807) is 11.1 Å². The number of amidine groups is 1. The third kappa shape index (κ3) is 3.62. The Kier molecular flexibility index (Phi) is 4.65. The monoisotopic (exact) mass is 309 g/mol. The van der Waals surface area contributed by atoms with E-state index < -0.39 is 0 Å². The topological polar surface area (TPSA) is 45.0 Å². The summed E-state index contributed by atoms with van der Waals surface area (Å²) in [7, 11) is 0. The molecule has 1 heterocycles. The molecule has 1 amide bonds. The molecule has 0 N–H and O–H groups in total. The Morgan fingerprint density at radius 2 is 1.73 bits per heavy atom. The normalized spacial score (nSPS) is 16.8.